The number of benzene rings is 1. The summed E-state index contributed by atoms with van der Waals surface area (Å²) in [6.45, 7) is 0.324. The fourth-order valence-corrected chi connectivity index (χ4v) is 2.01. The van der Waals surface area contributed by atoms with Crippen molar-refractivity contribution in [2.24, 2.45) is 0 Å². The number of ether oxygens (including phenoxy) is 1. The summed E-state index contributed by atoms with van der Waals surface area (Å²) in [6, 6.07) is 9.63. The molecule has 0 bridgehead atoms. The Balaban J connectivity index is 1.69. The maximum atomic E-state index is 9.97. The van der Waals surface area contributed by atoms with Crippen LogP contribution in [0.5, 0.6) is 0 Å². The Hall–Kier alpha value is -1.32. The van der Waals surface area contributed by atoms with E-state index in [0.29, 0.717) is 18.5 Å². The van der Waals surface area contributed by atoms with E-state index in [-0.39, 0.29) is 0 Å². The van der Waals surface area contributed by atoms with E-state index in [1.165, 1.54) is 6.42 Å². The molecule has 2 aromatic rings. The summed E-state index contributed by atoms with van der Waals surface area (Å²) < 4.78 is 11.2. The Bertz CT molecular complexity index is 466. The molecule has 1 N–H and O–H groups in total. The van der Waals surface area contributed by atoms with E-state index in [1.54, 1.807) is 0 Å². The van der Waals surface area contributed by atoms with Gasteiger partial charge in [0, 0.05) is 5.39 Å². The summed E-state index contributed by atoms with van der Waals surface area (Å²) in [5.74, 6) is 0.588. The Morgan fingerprint density at radius 3 is 2.88 bits per heavy atom. The quantitative estimate of drug-likeness (QED) is 0.881. The second-order valence-electron chi connectivity index (χ2n) is 4.59. The molecule has 17 heavy (non-hydrogen) atoms. The van der Waals surface area contributed by atoms with Crippen molar-refractivity contribution in [3.8, 4) is 0 Å². The summed E-state index contributed by atoms with van der Waals surface area (Å²) >= 11 is 0. The normalized spacial score (nSPS) is 18.2. The van der Waals surface area contributed by atoms with E-state index in [9.17, 15) is 5.11 Å². The lowest BCUT2D eigenvalue weighted by Crippen LogP contribution is -2.23. The van der Waals surface area contributed by atoms with E-state index < -0.39 is 6.10 Å². The molecule has 1 fully saturated rings. The van der Waals surface area contributed by atoms with Gasteiger partial charge in [-0.3, -0.25) is 0 Å². The van der Waals surface area contributed by atoms with Crippen molar-refractivity contribution in [1.29, 1.82) is 0 Å². The van der Waals surface area contributed by atoms with Gasteiger partial charge in [-0.15, -0.1) is 0 Å². The molecule has 3 nitrogen and oxygen atoms in total. The molecule has 0 spiro atoms. The number of aliphatic hydroxyl groups is 1. The molecule has 0 saturated heterocycles. The van der Waals surface area contributed by atoms with Crippen molar-refractivity contribution in [3.63, 3.8) is 0 Å². The van der Waals surface area contributed by atoms with E-state index in [2.05, 4.69) is 0 Å². The Morgan fingerprint density at radius 1 is 1.35 bits per heavy atom. The number of hydrogen-bond acceptors (Lipinski definition) is 3. The van der Waals surface area contributed by atoms with Gasteiger partial charge in [0.25, 0.3) is 0 Å². The lowest BCUT2D eigenvalue weighted by atomic mass is 9.96. The highest BCUT2D eigenvalue weighted by Gasteiger charge is 2.21. The van der Waals surface area contributed by atoms with Gasteiger partial charge in [-0.25, -0.2) is 0 Å². The number of rotatable bonds is 4. The molecule has 0 radical (unpaired) electrons. The molecule has 3 heteroatoms. The number of fused-ring (bicyclic) bond motifs is 1. The molecule has 1 aliphatic rings. The Morgan fingerprint density at radius 2 is 2.18 bits per heavy atom. The van der Waals surface area contributed by atoms with Crippen LogP contribution in [-0.4, -0.2) is 17.8 Å². The minimum atomic E-state index is -0.664. The van der Waals surface area contributed by atoms with Gasteiger partial charge in [0.1, 0.15) is 17.4 Å². The molecular formula is C14H16O3. The lowest BCUT2D eigenvalue weighted by Gasteiger charge is -2.26. The summed E-state index contributed by atoms with van der Waals surface area (Å²) in [5.41, 5.74) is 0.810. The number of furan rings is 1. The monoisotopic (exact) mass is 232 g/mol. The predicted molar refractivity (Wildman–Crippen MR) is 64.8 cm³/mol. The standard InChI is InChI=1S/C14H16O3/c15-12(9-16-11-5-3-6-11)14-8-10-4-1-2-7-13(10)17-14/h1-2,4,7-8,11-12,15H,3,5-6,9H2. The summed E-state index contributed by atoms with van der Waals surface area (Å²) in [5, 5.41) is 11.0. The fraction of sp³-hybridized carbons (Fsp3) is 0.429. The van der Waals surface area contributed by atoms with Crippen LogP contribution in [-0.2, 0) is 4.74 Å². The number of aliphatic hydroxyl groups excluding tert-OH is 1. The highest BCUT2D eigenvalue weighted by atomic mass is 16.5. The van der Waals surface area contributed by atoms with Gasteiger partial charge in [0.15, 0.2) is 0 Å². The third kappa shape index (κ3) is 2.21. The van der Waals surface area contributed by atoms with Gasteiger partial charge in [-0.2, -0.15) is 0 Å². The number of para-hydroxylation sites is 1. The molecule has 1 heterocycles. The molecule has 1 unspecified atom stereocenters. The zero-order valence-electron chi connectivity index (χ0n) is 9.63. The minimum Gasteiger partial charge on any atom is -0.458 e. The summed E-state index contributed by atoms with van der Waals surface area (Å²) in [6.07, 6.45) is 3.16. The van der Waals surface area contributed by atoms with Crippen LogP contribution in [0.4, 0.5) is 0 Å². The predicted octanol–water partition coefficient (Wildman–Crippen LogP) is 3.04. The smallest absolute Gasteiger partial charge is 0.136 e. The van der Waals surface area contributed by atoms with E-state index in [1.807, 2.05) is 30.3 Å². The maximum absolute atomic E-state index is 9.97. The van der Waals surface area contributed by atoms with Gasteiger partial charge >= 0.3 is 0 Å². The largest absolute Gasteiger partial charge is 0.458 e. The molecule has 1 aromatic carbocycles. The lowest BCUT2D eigenvalue weighted by molar-refractivity contribution is -0.0474. The third-order valence-corrected chi connectivity index (χ3v) is 3.32. The molecule has 3 rings (SSSR count). The molecule has 0 amide bonds. The summed E-state index contributed by atoms with van der Waals surface area (Å²) in [7, 11) is 0. The van der Waals surface area contributed by atoms with E-state index in [0.717, 1.165) is 23.8 Å². The average molecular weight is 232 g/mol. The molecule has 90 valence electrons. The SMILES string of the molecule is OC(COC1CCC1)c1cc2ccccc2o1. The number of hydrogen-bond donors (Lipinski definition) is 1. The molecule has 1 atom stereocenters. The maximum Gasteiger partial charge on any atom is 0.136 e. The zero-order valence-corrected chi connectivity index (χ0v) is 9.63. The third-order valence-electron chi connectivity index (χ3n) is 3.32. The molecule has 1 aromatic heterocycles. The fourth-order valence-electron chi connectivity index (χ4n) is 2.01. The van der Waals surface area contributed by atoms with Crippen molar-refractivity contribution in [2.75, 3.05) is 6.61 Å². The van der Waals surface area contributed by atoms with Gasteiger partial charge in [-0.1, -0.05) is 18.2 Å². The first-order valence-electron chi connectivity index (χ1n) is 6.11. The second-order valence-corrected chi connectivity index (χ2v) is 4.59. The van der Waals surface area contributed by atoms with Gasteiger partial charge in [0.2, 0.25) is 0 Å². The highest BCUT2D eigenvalue weighted by molar-refractivity contribution is 5.77. The first kappa shape index (κ1) is 10.8. The Kier molecular flexibility index (Phi) is 2.87. The van der Waals surface area contributed by atoms with Crippen LogP contribution in [0.1, 0.15) is 31.1 Å². The molecular weight excluding hydrogens is 216 g/mol. The first-order chi connectivity index (χ1) is 8.33. The van der Waals surface area contributed by atoms with Crippen LogP contribution in [0, 0.1) is 0 Å². The van der Waals surface area contributed by atoms with Crippen molar-refractivity contribution >= 4 is 11.0 Å². The van der Waals surface area contributed by atoms with Crippen LogP contribution in [0.3, 0.4) is 0 Å². The molecule has 1 saturated carbocycles. The van der Waals surface area contributed by atoms with Crippen molar-refractivity contribution in [2.45, 2.75) is 31.5 Å². The van der Waals surface area contributed by atoms with E-state index in [4.69, 9.17) is 9.15 Å². The topological polar surface area (TPSA) is 42.6 Å². The van der Waals surface area contributed by atoms with Crippen LogP contribution >= 0.6 is 0 Å². The van der Waals surface area contributed by atoms with Gasteiger partial charge < -0.3 is 14.3 Å². The first-order valence-corrected chi connectivity index (χ1v) is 6.11. The summed E-state index contributed by atoms with van der Waals surface area (Å²) in [4.78, 5) is 0. The average Bonchev–Trinajstić information content (AvgIpc) is 2.70. The van der Waals surface area contributed by atoms with Crippen LogP contribution in [0.25, 0.3) is 11.0 Å². The minimum absolute atomic E-state index is 0.324. The van der Waals surface area contributed by atoms with Gasteiger partial charge in [-0.05, 0) is 31.4 Å². The van der Waals surface area contributed by atoms with Crippen molar-refractivity contribution < 1.29 is 14.3 Å². The Labute approximate surface area is 100.0 Å². The second kappa shape index (κ2) is 4.51. The van der Waals surface area contributed by atoms with Gasteiger partial charge in [0.05, 0.1) is 12.7 Å². The van der Waals surface area contributed by atoms with Crippen molar-refractivity contribution in [3.05, 3.63) is 36.1 Å². The highest BCUT2D eigenvalue weighted by Crippen LogP contribution is 2.26. The molecule has 1 aliphatic carbocycles. The van der Waals surface area contributed by atoms with Crippen molar-refractivity contribution in [1.82, 2.24) is 0 Å². The van der Waals surface area contributed by atoms with E-state index >= 15 is 0 Å². The van der Waals surface area contributed by atoms with Crippen LogP contribution in [0.2, 0.25) is 0 Å². The van der Waals surface area contributed by atoms with Crippen LogP contribution in [0.15, 0.2) is 34.7 Å². The van der Waals surface area contributed by atoms with Crippen LogP contribution < -0.4 is 0 Å². The zero-order chi connectivity index (χ0) is 11.7. The molecule has 0 aliphatic heterocycles.